The van der Waals surface area contributed by atoms with E-state index in [1.54, 1.807) is 0 Å². The summed E-state index contributed by atoms with van der Waals surface area (Å²) in [5, 5.41) is 5.48. The van der Waals surface area contributed by atoms with Crippen LogP contribution >= 0.6 is 0 Å². The Hall–Kier alpha value is -1.49. The molecule has 0 bridgehead atoms. The van der Waals surface area contributed by atoms with Crippen LogP contribution in [0.2, 0.25) is 0 Å². The van der Waals surface area contributed by atoms with E-state index >= 15 is 0 Å². The van der Waals surface area contributed by atoms with Gasteiger partial charge in [-0.05, 0) is 6.07 Å². The molecule has 15 heavy (non-hydrogen) atoms. The monoisotopic (exact) mass is 212 g/mol. The zero-order chi connectivity index (χ0) is 10.8. The number of benzene rings is 1. The van der Waals surface area contributed by atoms with Crippen molar-refractivity contribution in [2.24, 2.45) is 0 Å². The van der Waals surface area contributed by atoms with Crippen molar-refractivity contribution in [3.63, 3.8) is 0 Å². The topological polar surface area (TPSA) is 41.1 Å². The van der Waals surface area contributed by atoms with Gasteiger partial charge in [0.15, 0.2) is 0 Å². The summed E-state index contributed by atoms with van der Waals surface area (Å²) < 4.78 is 26.0. The minimum atomic E-state index is -0.723. The Labute approximate surface area is 85.5 Å². The first-order valence-electron chi connectivity index (χ1n) is 4.64. The van der Waals surface area contributed by atoms with Crippen LogP contribution in [-0.4, -0.2) is 19.0 Å². The van der Waals surface area contributed by atoms with Gasteiger partial charge in [-0.25, -0.2) is 8.78 Å². The average Bonchev–Trinajstić information content (AvgIpc) is 2.20. The second-order valence-corrected chi connectivity index (χ2v) is 3.34. The summed E-state index contributed by atoms with van der Waals surface area (Å²) in [4.78, 5) is 11.4. The summed E-state index contributed by atoms with van der Waals surface area (Å²) in [5.41, 5.74) is 0.175. The summed E-state index contributed by atoms with van der Waals surface area (Å²) in [6.07, 6.45) is 0. The summed E-state index contributed by atoms with van der Waals surface area (Å²) in [6, 6.07) is 2.48. The van der Waals surface area contributed by atoms with Crippen molar-refractivity contribution in [3.8, 4) is 0 Å². The van der Waals surface area contributed by atoms with Crippen LogP contribution < -0.4 is 10.6 Å². The van der Waals surface area contributed by atoms with Gasteiger partial charge < -0.3 is 10.6 Å². The largest absolute Gasteiger partial charge is 0.353 e. The van der Waals surface area contributed by atoms with E-state index < -0.39 is 17.7 Å². The summed E-state index contributed by atoms with van der Waals surface area (Å²) in [7, 11) is 0. The standard InChI is InChI=1S/C10H10F2N2O/c11-6-1-2-7(8(12)5-6)9-10(15)14-4-3-13-9/h1-2,5,9,13H,3-4H2,(H,14,15). The van der Waals surface area contributed by atoms with Crippen LogP contribution in [0.3, 0.4) is 0 Å². The highest BCUT2D eigenvalue weighted by atomic mass is 19.1. The minimum absolute atomic E-state index is 0.175. The maximum absolute atomic E-state index is 13.3. The summed E-state index contributed by atoms with van der Waals surface area (Å²) in [5.74, 6) is -1.64. The first kappa shape index (κ1) is 10.0. The SMILES string of the molecule is O=C1NCCNC1c1ccc(F)cc1F. The van der Waals surface area contributed by atoms with Crippen LogP contribution in [0.1, 0.15) is 11.6 Å². The molecule has 1 heterocycles. The number of rotatable bonds is 1. The molecule has 0 aromatic heterocycles. The van der Waals surface area contributed by atoms with Crippen LogP contribution in [0, 0.1) is 11.6 Å². The van der Waals surface area contributed by atoms with Gasteiger partial charge in [0.1, 0.15) is 17.7 Å². The zero-order valence-corrected chi connectivity index (χ0v) is 7.89. The van der Waals surface area contributed by atoms with Gasteiger partial charge in [0, 0.05) is 24.7 Å². The molecule has 0 spiro atoms. The van der Waals surface area contributed by atoms with E-state index in [0.29, 0.717) is 13.1 Å². The number of halogens is 2. The number of hydrogen-bond donors (Lipinski definition) is 2. The molecule has 1 fully saturated rings. The Morgan fingerprint density at radius 2 is 2.07 bits per heavy atom. The predicted octanol–water partition coefficient (Wildman–Crippen LogP) is 0.725. The molecule has 0 radical (unpaired) electrons. The Morgan fingerprint density at radius 1 is 1.27 bits per heavy atom. The molecule has 2 N–H and O–H groups in total. The smallest absolute Gasteiger partial charge is 0.241 e. The maximum Gasteiger partial charge on any atom is 0.241 e. The number of nitrogens with one attached hydrogen (secondary N) is 2. The third-order valence-corrected chi connectivity index (χ3v) is 2.31. The van der Waals surface area contributed by atoms with Gasteiger partial charge in [-0.1, -0.05) is 6.07 Å². The van der Waals surface area contributed by atoms with E-state index in [1.807, 2.05) is 0 Å². The Bertz CT molecular complexity index is 395. The molecule has 1 unspecified atom stereocenters. The zero-order valence-electron chi connectivity index (χ0n) is 7.89. The molecule has 1 amide bonds. The minimum Gasteiger partial charge on any atom is -0.353 e. The molecule has 0 aliphatic carbocycles. The molecule has 1 aliphatic heterocycles. The van der Waals surface area contributed by atoms with Gasteiger partial charge in [0.25, 0.3) is 0 Å². The van der Waals surface area contributed by atoms with E-state index in [0.717, 1.165) is 12.1 Å². The lowest BCUT2D eigenvalue weighted by atomic mass is 10.0. The van der Waals surface area contributed by atoms with Gasteiger partial charge in [0.05, 0.1) is 0 Å². The molecule has 80 valence electrons. The van der Waals surface area contributed by atoms with E-state index in [1.165, 1.54) is 6.07 Å². The van der Waals surface area contributed by atoms with E-state index in [4.69, 9.17) is 0 Å². The third-order valence-electron chi connectivity index (χ3n) is 2.31. The molecular formula is C10H10F2N2O. The molecule has 5 heteroatoms. The molecular weight excluding hydrogens is 202 g/mol. The van der Waals surface area contributed by atoms with Crippen molar-refractivity contribution in [2.75, 3.05) is 13.1 Å². The predicted molar refractivity (Wildman–Crippen MR) is 50.1 cm³/mol. The summed E-state index contributed by atoms with van der Waals surface area (Å²) >= 11 is 0. The molecule has 1 aromatic carbocycles. The van der Waals surface area contributed by atoms with Crippen molar-refractivity contribution in [2.45, 2.75) is 6.04 Å². The van der Waals surface area contributed by atoms with Crippen molar-refractivity contribution in [3.05, 3.63) is 35.4 Å². The number of piperazine rings is 1. The number of amides is 1. The van der Waals surface area contributed by atoms with Crippen molar-refractivity contribution in [1.82, 2.24) is 10.6 Å². The highest BCUT2D eigenvalue weighted by Gasteiger charge is 2.25. The number of hydrogen-bond acceptors (Lipinski definition) is 2. The lowest BCUT2D eigenvalue weighted by molar-refractivity contribution is -0.124. The van der Waals surface area contributed by atoms with Crippen molar-refractivity contribution < 1.29 is 13.6 Å². The number of carbonyl (C=O) groups is 1. The molecule has 3 nitrogen and oxygen atoms in total. The first-order valence-corrected chi connectivity index (χ1v) is 4.64. The van der Waals surface area contributed by atoms with Crippen LogP contribution in [0.25, 0.3) is 0 Å². The molecule has 1 aromatic rings. The van der Waals surface area contributed by atoms with E-state index in [-0.39, 0.29) is 11.5 Å². The Kier molecular flexibility index (Phi) is 2.64. The third kappa shape index (κ3) is 1.97. The fraction of sp³-hybridized carbons (Fsp3) is 0.300. The molecule has 2 rings (SSSR count). The van der Waals surface area contributed by atoms with Crippen LogP contribution in [-0.2, 0) is 4.79 Å². The highest BCUT2D eigenvalue weighted by Crippen LogP contribution is 2.19. The average molecular weight is 212 g/mol. The molecule has 1 saturated heterocycles. The van der Waals surface area contributed by atoms with Gasteiger partial charge in [-0.15, -0.1) is 0 Å². The lowest BCUT2D eigenvalue weighted by Gasteiger charge is -2.23. The molecule has 1 aliphatic rings. The number of carbonyl (C=O) groups excluding carboxylic acids is 1. The van der Waals surface area contributed by atoms with Gasteiger partial charge in [0.2, 0.25) is 5.91 Å². The second-order valence-electron chi connectivity index (χ2n) is 3.34. The molecule has 1 atom stereocenters. The Morgan fingerprint density at radius 3 is 2.73 bits per heavy atom. The maximum atomic E-state index is 13.3. The Balaban J connectivity index is 2.31. The van der Waals surface area contributed by atoms with Gasteiger partial charge in [-0.2, -0.15) is 0 Å². The van der Waals surface area contributed by atoms with Crippen molar-refractivity contribution >= 4 is 5.91 Å². The quantitative estimate of drug-likeness (QED) is 0.720. The van der Waals surface area contributed by atoms with Crippen LogP contribution in [0.15, 0.2) is 18.2 Å². The fourth-order valence-corrected chi connectivity index (χ4v) is 1.58. The second kappa shape index (κ2) is 3.94. The normalized spacial score (nSPS) is 21.2. The molecule has 0 saturated carbocycles. The van der Waals surface area contributed by atoms with E-state index in [9.17, 15) is 13.6 Å². The fourth-order valence-electron chi connectivity index (χ4n) is 1.58. The van der Waals surface area contributed by atoms with Crippen molar-refractivity contribution in [1.29, 1.82) is 0 Å². The highest BCUT2D eigenvalue weighted by molar-refractivity contribution is 5.83. The first-order chi connectivity index (χ1) is 7.18. The van der Waals surface area contributed by atoms with Crippen LogP contribution in [0.5, 0.6) is 0 Å². The van der Waals surface area contributed by atoms with Gasteiger partial charge in [-0.3, -0.25) is 4.79 Å². The van der Waals surface area contributed by atoms with Crippen LogP contribution in [0.4, 0.5) is 8.78 Å². The summed E-state index contributed by atoms with van der Waals surface area (Å²) in [6.45, 7) is 1.10. The lowest BCUT2D eigenvalue weighted by Crippen LogP contribution is -2.47. The van der Waals surface area contributed by atoms with Gasteiger partial charge >= 0.3 is 0 Å². The van der Waals surface area contributed by atoms with E-state index in [2.05, 4.69) is 10.6 Å².